The largest absolute Gasteiger partial charge is 0.369 e. The van der Waals surface area contributed by atoms with Gasteiger partial charge in [0.1, 0.15) is 5.82 Å². The van der Waals surface area contributed by atoms with Gasteiger partial charge >= 0.3 is 0 Å². The SMILES string of the molecule is CCN1CCCCC1c1nn(-c2ccc(I)cc2)c2c1CCN2. The van der Waals surface area contributed by atoms with E-state index in [-0.39, 0.29) is 0 Å². The van der Waals surface area contributed by atoms with Crippen molar-refractivity contribution in [2.75, 3.05) is 25.0 Å². The lowest BCUT2D eigenvalue weighted by molar-refractivity contribution is 0.153. The number of nitrogens with zero attached hydrogens (tertiary/aromatic N) is 3. The molecule has 122 valence electrons. The summed E-state index contributed by atoms with van der Waals surface area (Å²) in [6.45, 7) is 5.62. The molecule has 1 aromatic carbocycles. The maximum atomic E-state index is 5.06. The van der Waals surface area contributed by atoms with E-state index >= 15 is 0 Å². The molecule has 0 aliphatic carbocycles. The highest BCUT2D eigenvalue weighted by molar-refractivity contribution is 14.1. The Morgan fingerprint density at radius 1 is 1.26 bits per heavy atom. The number of halogens is 1. The van der Waals surface area contributed by atoms with Gasteiger partial charge in [-0.3, -0.25) is 4.90 Å². The van der Waals surface area contributed by atoms with Crippen LogP contribution >= 0.6 is 22.6 Å². The van der Waals surface area contributed by atoms with E-state index in [1.807, 2.05) is 0 Å². The summed E-state index contributed by atoms with van der Waals surface area (Å²) < 4.78 is 3.38. The molecule has 2 aliphatic rings. The van der Waals surface area contributed by atoms with Crippen molar-refractivity contribution in [2.24, 2.45) is 0 Å². The molecule has 1 saturated heterocycles. The van der Waals surface area contributed by atoms with Crippen molar-refractivity contribution in [1.82, 2.24) is 14.7 Å². The first-order valence-corrected chi connectivity index (χ1v) is 9.71. The van der Waals surface area contributed by atoms with Crippen LogP contribution in [0.4, 0.5) is 5.82 Å². The number of anilines is 1. The Labute approximate surface area is 151 Å². The Morgan fingerprint density at radius 2 is 2.09 bits per heavy atom. The molecule has 0 bridgehead atoms. The molecule has 0 radical (unpaired) electrons. The molecule has 23 heavy (non-hydrogen) atoms. The molecule has 4 nitrogen and oxygen atoms in total. The smallest absolute Gasteiger partial charge is 0.133 e. The molecule has 5 heteroatoms. The number of aromatic nitrogens is 2. The first-order chi connectivity index (χ1) is 11.3. The minimum atomic E-state index is 0.493. The van der Waals surface area contributed by atoms with Crippen molar-refractivity contribution in [2.45, 2.75) is 38.6 Å². The standard InChI is InChI=1S/C18H23IN4/c1-2-22-12-4-3-5-16(22)17-15-10-11-20-18(15)23(21-17)14-8-6-13(19)7-9-14/h6-9,16,20H,2-5,10-12H2,1H3. The Kier molecular flexibility index (Phi) is 4.32. The highest BCUT2D eigenvalue weighted by Crippen LogP contribution is 2.37. The van der Waals surface area contributed by atoms with E-state index in [1.165, 1.54) is 46.5 Å². The number of likely N-dealkylation sites (tertiary alicyclic amines) is 1. The van der Waals surface area contributed by atoms with Gasteiger partial charge in [0.05, 0.1) is 17.4 Å². The first kappa shape index (κ1) is 15.4. The number of benzene rings is 1. The molecule has 4 rings (SSSR count). The summed E-state index contributed by atoms with van der Waals surface area (Å²) in [6, 6.07) is 9.12. The van der Waals surface area contributed by atoms with E-state index in [0.29, 0.717) is 6.04 Å². The fourth-order valence-electron chi connectivity index (χ4n) is 3.92. The fourth-order valence-corrected chi connectivity index (χ4v) is 4.28. The van der Waals surface area contributed by atoms with Gasteiger partial charge in [0.2, 0.25) is 0 Å². The third-order valence-electron chi connectivity index (χ3n) is 5.09. The van der Waals surface area contributed by atoms with E-state index in [0.717, 1.165) is 25.2 Å². The van der Waals surface area contributed by atoms with Gasteiger partial charge in [-0.1, -0.05) is 13.3 Å². The van der Waals surface area contributed by atoms with Crippen LogP contribution in [0, 0.1) is 3.57 Å². The first-order valence-electron chi connectivity index (χ1n) is 8.63. The van der Waals surface area contributed by atoms with Gasteiger partial charge in [-0.2, -0.15) is 5.10 Å². The quantitative estimate of drug-likeness (QED) is 0.760. The number of fused-ring (bicyclic) bond motifs is 1. The second-order valence-electron chi connectivity index (χ2n) is 6.42. The number of hydrogen-bond donors (Lipinski definition) is 1. The predicted molar refractivity (Wildman–Crippen MR) is 102 cm³/mol. The number of rotatable bonds is 3. The van der Waals surface area contributed by atoms with E-state index in [2.05, 4.69) is 68.7 Å². The van der Waals surface area contributed by atoms with Crippen molar-refractivity contribution in [1.29, 1.82) is 0 Å². The zero-order chi connectivity index (χ0) is 15.8. The molecule has 3 heterocycles. The Hall–Kier alpha value is -1.08. The topological polar surface area (TPSA) is 33.1 Å². The van der Waals surface area contributed by atoms with Gasteiger partial charge in [-0.15, -0.1) is 0 Å². The minimum absolute atomic E-state index is 0.493. The third-order valence-corrected chi connectivity index (χ3v) is 5.81. The fraction of sp³-hybridized carbons (Fsp3) is 0.500. The van der Waals surface area contributed by atoms with E-state index in [4.69, 9.17) is 5.10 Å². The van der Waals surface area contributed by atoms with Gasteiger partial charge in [-0.25, -0.2) is 4.68 Å². The van der Waals surface area contributed by atoms with Crippen LogP contribution in [0.15, 0.2) is 24.3 Å². The van der Waals surface area contributed by atoms with Gasteiger partial charge in [0.15, 0.2) is 0 Å². The van der Waals surface area contributed by atoms with Gasteiger partial charge < -0.3 is 5.32 Å². The molecule has 1 aromatic heterocycles. The molecular weight excluding hydrogens is 399 g/mol. The zero-order valence-corrected chi connectivity index (χ0v) is 15.7. The Bertz CT molecular complexity index is 692. The summed E-state index contributed by atoms with van der Waals surface area (Å²) in [5.41, 5.74) is 3.90. The lowest BCUT2D eigenvalue weighted by Crippen LogP contribution is -2.33. The van der Waals surface area contributed by atoms with Crippen LogP contribution in [0.25, 0.3) is 5.69 Å². The minimum Gasteiger partial charge on any atom is -0.369 e. The molecule has 0 saturated carbocycles. The Morgan fingerprint density at radius 3 is 2.87 bits per heavy atom. The van der Waals surface area contributed by atoms with Crippen molar-refractivity contribution in [3.8, 4) is 5.69 Å². The van der Waals surface area contributed by atoms with E-state index in [9.17, 15) is 0 Å². The van der Waals surface area contributed by atoms with Crippen LogP contribution in [0.5, 0.6) is 0 Å². The maximum Gasteiger partial charge on any atom is 0.133 e. The summed E-state index contributed by atoms with van der Waals surface area (Å²) in [7, 11) is 0. The van der Waals surface area contributed by atoms with Crippen LogP contribution in [-0.2, 0) is 6.42 Å². The molecular formula is C18H23IN4. The second kappa shape index (κ2) is 6.43. The average molecular weight is 422 g/mol. The molecule has 0 spiro atoms. The summed E-state index contributed by atoms with van der Waals surface area (Å²) in [4.78, 5) is 2.60. The molecule has 2 aromatic rings. The van der Waals surface area contributed by atoms with Crippen LogP contribution in [0.2, 0.25) is 0 Å². The van der Waals surface area contributed by atoms with E-state index in [1.54, 1.807) is 0 Å². The summed E-state index contributed by atoms with van der Waals surface area (Å²) in [6.07, 6.45) is 4.98. The van der Waals surface area contributed by atoms with Crippen LogP contribution in [0.3, 0.4) is 0 Å². The van der Waals surface area contributed by atoms with Crippen molar-refractivity contribution in [3.05, 3.63) is 39.1 Å². The highest BCUT2D eigenvalue weighted by atomic mass is 127. The summed E-state index contributed by atoms with van der Waals surface area (Å²) in [5, 5.41) is 8.62. The number of hydrogen-bond acceptors (Lipinski definition) is 3. The molecule has 1 unspecified atom stereocenters. The van der Waals surface area contributed by atoms with Crippen molar-refractivity contribution >= 4 is 28.4 Å². The lowest BCUT2D eigenvalue weighted by atomic mass is 9.96. The third kappa shape index (κ3) is 2.78. The predicted octanol–water partition coefficient (Wildman–Crippen LogP) is 3.99. The molecule has 1 N–H and O–H groups in total. The van der Waals surface area contributed by atoms with Gasteiger partial charge in [0, 0.05) is 15.7 Å². The van der Waals surface area contributed by atoms with Crippen LogP contribution in [-0.4, -0.2) is 34.3 Å². The normalized spacial score (nSPS) is 21.2. The molecule has 2 aliphatic heterocycles. The maximum absolute atomic E-state index is 5.06. The number of piperidine rings is 1. The molecule has 1 atom stereocenters. The van der Waals surface area contributed by atoms with Crippen molar-refractivity contribution < 1.29 is 0 Å². The summed E-state index contributed by atoms with van der Waals surface area (Å²) in [5.74, 6) is 1.21. The Balaban J connectivity index is 1.77. The number of nitrogens with one attached hydrogen (secondary N) is 1. The van der Waals surface area contributed by atoms with Crippen LogP contribution < -0.4 is 5.32 Å². The second-order valence-corrected chi connectivity index (χ2v) is 7.66. The lowest BCUT2D eigenvalue weighted by Gasteiger charge is -2.34. The zero-order valence-electron chi connectivity index (χ0n) is 13.6. The average Bonchev–Trinajstić information content (AvgIpc) is 3.18. The van der Waals surface area contributed by atoms with Crippen molar-refractivity contribution in [3.63, 3.8) is 0 Å². The van der Waals surface area contributed by atoms with Crippen LogP contribution in [0.1, 0.15) is 43.5 Å². The van der Waals surface area contributed by atoms with Gasteiger partial charge in [-0.05, 0) is 79.2 Å². The van der Waals surface area contributed by atoms with Gasteiger partial charge in [0.25, 0.3) is 0 Å². The monoisotopic (exact) mass is 422 g/mol. The summed E-state index contributed by atoms with van der Waals surface area (Å²) >= 11 is 2.35. The molecule has 1 fully saturated rings. The highest BCUT2D eigenvalue weighted by Gasteiger charge is 2.31. The van der Waals surface area contributed by atoms with E-state index < -0.39 is 0 Å². The molecule has 0 amide bonds.